The van der Waals surface area contributed by atoms with E-state index in [-0.39, 0.29) is 0 Å². The normalized spacial score (nSPS) is 10.8. The molecule has 0 aliphatic rings. The molecule has 0 fully saturated rings. The second kappa shape index (κ2) is 7.80. The Labute approximate surface area is 179 Å². The minimum Gasteiger partial charge on any atom is -0.361 e. The topological polar surface area (TPSA) is 66.4 Å². The fourth-order valence-corrected chi connectivity index (χ4v) is 3.76. The van der Waals surface area contributed by atoms with Crippen LogP contribution in [0, 0.1) is 0 Å². The number of pyridine rings is 1. The Morgan fingerprint density at radius 2 is 1.58 bits per heavy atom. The zero-order valence-electron chi connectivity index (χ0n) is 16.6. The van der Waals surface area contributed by atoms with Crippen molar-refractivity contribution in [1.82, 2.24) is 9.38 Å². The quantitative estimate of drug-likeness (QED) is 0.303. The molecule has 5 aromatic rings. The summed E-state index contributed by atoms with van der Waals surface area (Å²) >= 11 is 0. The van der Waals surface area contributed by atoms with E-state index in [9.17, 15) is 9.59 Å². The van der Waals surface area contributed by atoms with Crippen LogP contribution in [0.3, 0.4) is 0 Å². The Kier molecular flexibility index (Phi) is 4.69. The molecule has 5 heteroatoms. The molecule has 150 valence electrons. The van der Waals surface area contributed by atoms with E-state index in [0.717, 1.165) is 27.9 Å². The van der Waals surface area contributed by atoms with Crippen LogP contribution < -0.4 is 5.32 Å². The van der Waals surface area contributed by atoms with Crippen molar-refractivity contribution in [1.29, 1.82) is 0 Å². The smallest absolute Gasteiger partial charge is 0.298 e. The number of nitrogens with zero attached hydrogens (tertiary/aromatic N) is 1. The Bertz CT molecular complexity index is 1380. The molecule has 0 saturated heterocycles. The first kappa shape index (κ1) is 18.6. The fourth-order valence-electron chi connectivity index (χ4n) is 3.76. The van der Waals surface area contributed by atoms with Gasteiger partial charge in [0, 0.05) is 34.9 Å². The maximum atomic E-state index is 13.3. The maximum absolute atomic E-state index is 13.3. The van der Waals surface area contributed by atoms with Gasteiger partial charge in [-0.1, -0.05) is 48.5 Å². The molecule has 5 nitrogen and oxygen atoms in total. The van der Waals surface area contributed by atoms with Crippen molar-refractivity contribution < 1.29 is 9.59 Å². The predicted octanol–water partition coefficient (Wildman–Crippen LogP) is 5.42. The van der Waals surface area contributed by atoms with Crippen molar-refractivity contribution in [3.05, 3.63) is 109 Å². The maximum Gasteiger partial charge on any atom is 0.298 e. The van der Waals surface area contributed by atoms with Crippen LogP contribution in [0.5, 0.6) is 0 Å². The first-order chi connectivity index (χ1) is 15.2. The number of ketones is 1. The summed E-state index contributed by atoms with van der Waals surface area (Å²) in [7, 11) is 0. The number of benzene rings is 2. The van der Waals surface area contributed by atoms with Crippen molar-refractivity contribution in [3.8, 4) is 22.4 Å². The molecule has 1 amide bonds. The van der Waals surface area contributed by atoms with Crippen LogP contribution in [0.25, 0.3) is 27.9 Å². The minimum absolute atomic E-state index is 0.347. The number of fused-ring (bicyclic) bond motifs is 1. The molecule has 0 aliphatic carbocycles. The van der Waals surface area contributed by atoms with Gasteiger partial charge in [-0.05, 0) is 53.6 Å². The minimum atomic E-state index is -0.676. The monoisotopic (exact) mass is 405 g/mol. The van der Waals surface area contributed by atoms with Gasteiger partial charge in [-0.3, -0.25) is 9.59 Å². The van der Waals surface area contributed by atoms with E-state index in [0.29, 0.717) is 11.4 Å². The molecule has 0 atom stereocenters. The van der Waals surface area contributed by atoms with E-state index < -0.39 is 11.7 Å². The molecule has 3 heterocycles. The van der Waals surface area contributed by atoms with Gasteiger partial charge >= 0.3 is 0 Å². The van der Waals surface area contributed by atoms with Crippen LogP contribution in [0.2, 0.25) is 0 Å². The highest BCUT2D eigenvalue weighted by atomic mass is 16.2. The molecule has 0 unspecified atom stereocenters. The van der Waals surface area contributed by atoms with Crippen molar-refractivity contribution in [3.63, 3.8) is 0 Å². The van der Waals surface area contributed by atoms with Crippen LogP contribution in [-0.2, 0) is 4.79 Å². The highest BCUT2D eigenvalue weighted by Gasteiger charge is 2.24. The SMILES string of the molecule is O=C(Nc1cccc(-c2ccc[nH]2)c1)C(=O)c1c(-c2ccccc2)cc2ccccn12. The summed E-state index contributed by atoms with van der Waals surface area (Å²) in [5.41, 5.74) is 5.24. The van der Waals surface area contributed by atoms with Gasteiger partial charge in [-0.15, -0.1) is 0 Å². The highest BCUT2D eigenvalue weighted by molar-refractivity contribution is 6.47. The molecule has 0 radical (unpaired) electrons. The molecule has 5 rings (SSSR count). The fraction of sp³-hybridized carbons (Fsp3) is 0. The average molecular weight is 405 g/mol. The third kappa shape index (κ3) is 3.53. The third-order valence-corrected chi connectivity index (χ3v) is 5.22. The number of carbonyl (C=O) groups is 2. The van der Waals surface area contributed by atoms with E-state index in [2.05, 4.69) is 10.3 Å². The number of aromatic amines is 1. The number of aromatic nitrogens is 2. The molecule has 3 aromatic heterocycles. The second-order valence-corrected chi connectivity index (χ2v) is 7.22. The number of hydrogen-bond donors (Lipinski definition) is 2. The largest absolute Gasteiger partial charge is 0.361 e. The number of hydrogen-bond acceptors (Lipinski definition) is 2. The molecular weight excluding hydrogens is 386 g/mol. The summed E-state index contributed by atoms with van der Waals surface area (Å²) in [6.07, 6.45) is 3.64. The van der Waals surface area contributed by atoms with Gasteiger partial charge in [0.05, 0.1) is 0 Å². The van der Waals surface area contributed by atoms with E-state index in [1.165, 1.54) is 0 Å². The van der Waals surface area contributed by atoms with Gasteiger partial charge < -0.3 is 14.7 Å². The zero-order chi connectivity index (χ0) is 21.2. The van der Waals surface area contributed by atoms with Crippen LogP contribution in [0.1, 0.15) is 10.5 Å². The molecule has 2 aromatic carbocycles. The lowest BCUT2D eigenvalue weighted by molar-refractivity contribution is -0.112. The molecule has 0 aliphatic heterocycles. The Hall–Kier alpha value is -4.38. The summed E-state index contributed by atoms with van der Waals surface area (Å²) in [5, 5.41) is 2.76. The van der Waals surface area contributed by atoms with Gasteiger partial charge in [0.25, 0.3) is 11.7 Å². The number of nitrogens with one attached hydrogen (secondary N) is 2. The number of amides is 1. The van der Waals surface area contributed by atoms with Gasteiger partial charge in [0.1, 0.15) is 5.69 Å². The van der Waals surface area contributed by atoms with Gasteiger partial charge in [-0.2, -0.15) is 0 Å². The highest BCUT2D eigenvalue weighted by Crippen LogP contribution is 2.28. The Balaban J connectivity index is 1.51. The molecule has 0 bridgehead atoms. The number of anilines is 1. The summed E-state index contributed by atoms with van der Waals surface area (Å²) in [4.78, 5) is 29.4. The van der Waals surface area contributed by atoms with E-state index >= 15 is 0 Å². The summed E-state index contributed by atoms with van der Waals surface area (Å²) in [6, 6.07) is 28.5. The molecule has 31 heavy (non-hydrogen) atoms. The first-order valence-corrected chi connectivity index (χ1v) is 9.96. The standard InChI is InChI=1S/C26H19N3O2/c30-25(26(31)28-20-11-6-10-19(16-20)23-13-7-14-27-23)24-22(18-8-2-1-3-9-18)17-21-12-4-5-15-29(21)24/h1-17,27H,(H,28,31). The van der Waals surface area contributed by atoms with Crippen LogP contribution in [-0.4, -0.2) is 21.1 Å². The predicted molar refractivity (Wildman–Crippen MR) is 122 cm³/mol. The van der Waals surface area contributed by atoms with Crippen LogP contribution in [0.4, 0.5) is 5.69 Å². The van der Waals surface area contributed by atoms with Crippen LogP contribution >= 0.6 is 0 Å². The molecular formula is C26H19N3O2. The average Bonchev–Trinajstić information content (AvgIpc) is 3.48. The van der Waals surface area contributed by atoms with Gasteiger partial charge in [-0.25, -0.2) is 0 Å². The van der Waals surface area contributed by atoms with E-state index in [4.69, 9.17) is 0 Å². The third-order valence-electron chi connectivity index (χ3n) is 5.22. The van der Waals surface area contributed by atoms with Gasteiger partial charge in [0.2, 0.25) is 0 Å². The summed E-state index contributed by atoms with van der Waals surface area (Å²) in [5.74, 6) is -1.26. The van der Waals surface area contributed by atoms with Crippen molar-refractivity contribution in [2.24, 2.45) is 0 Å². The first-order valence-electron chi connectivity index (χ1n) is 9.96. The number of H-pyrrole nitrogens is 1. The Morgan fingerprint density at radius 3 is 2.39 bits per heavy atom. The lowest BCUT2D eigenvalue weighted by atomic mass is 10.0. The lowest BCUT2D eigenvalue weighted by Crippen LogP contribution is -2.24. The van der Waals surface area contributed by atoms with Gasteiger partial charge in [0.15, 0.2) is 0 Å². The van der Waals surface area contributed by atoms with E-state index in [1.54, 1.807) is 16.7 Å². The summed E-state index contributed by atoms with van der Waals surface area (Å²) < 4.78 is 1.76. The zero-order valence-corrected chi connectivity index (χ0v) is 16.6. The number of rotatable bonds is 5. The second-order valence-electron chi connectivity index (χ2n) is 7.22. The molecule has 2 N–H and O–H groups in total. The van der Waals surface area contributed by atoms with Crippen LogP contribution in [0.15, 0.2) is 103 Å². The lowest BCUT2D eigenvalue weighted by Gasteiger charge is -2.09. The molecule has 0 saturated carbocycles. The number of carbonyl (C=O) groups excluding carboxylic acids is 2. The van der Waals surface area contributed by atoms with Crippen molar-refractivity contribution in [2.75, 3.05) is 5.32 Å². The summed E-state index contributed by atoms with van der Waals surface area (Å²) in [6.45, 7) is 0. The van der Waals surface area contributed by atoms with E-state index in [1.807, 2.05) is 91.1 Å². The van der Waals surface area contributed by atoms with Crippen molar-refractivity contribution >= 4 is 22.9 Å². The molecule has 0 spiro atoms. The van der Waals surface area contributed by atoms with Crippen molar-refractivity contribution in [2.45, 2.75) is 0 Å². The number of Topliss-reactive ketones (excluding diaryl/α,β-unsaturated/α-hetero) is 1. The Morgan fingerprint density at radius 1 is 0.774 bits per heavy atom.